The summed E-state index contributed by atoms with van der Waals surface area (Å²) in [7, 11) is -1.81. The second-order valence-corrected chi connectivity index (χ2v) is 23.7. The van der Waals surface area contributed by atoms with Gasteiger partial charge >= 0.3 is 0 Å². The summed E-state index contributed by atoms with van der Waals surface area (Å²) in [6.07, 6.45) is 16.1. The second kappa shape index (κ2) is 8.95. The molecule has 5 aliphatic rings. The van der Waals surface area contributed by atoms with Crippen molar-refractivity contribution in [1.29, 1.82) is 0 Å². The number of fused-ring (bicyclic) bond motifs is 7. The summed E-state index contributed by atoms with van der Waals surface area (Å²) < 4.78 is 7.23. The predicted molar refractivity (Wildman–Crippen MR) is 168 cm³/mol. The van der Waals surface area contributed by atoms with Crippen LogP contribution in [0.15, 0.2) is 11.6 Å². The van der Waals surface area contributed by atoms with Gasteiger partial charge in [-0.2, -0.15) is 0 Å². The standard InChI is InChI=1S/C36H64O2Si/c1-30(2,3)39(11,12)38-29-16-17-34(8)27(31(29,4)5)15-18-36(10)28(34)14-13-25-26-23-32(6,24-37)19-20-33(26,7)21-22-35(25,36)9/h13,26-29,37H,14-24H2,1-12H3/t26?,27-,28?,29?,32-,33+,34-,35+,36+/m0/s1. The molecule has 3 heteroatoms. The third-order valence-corrected chi connectivity index (χ3v) is 20.0. The molecule has 0 heterocycles. The smallest absolute Gasteiger partial charge is 0.192 e. The van der Waals surface area contributed by atoms with Crippen molar-refractivity contribution in [1.82, 2.24) is 0 Å². The van der Waals surface area contributed by atoms with Gasteiger partial charge in [-0.1, -0.05) is 80.9 Å². The number of aliphatic hydroxyl groups is 1. The van der Waals surface area contributed by atoms with Crippen molar-refractivity contribution in [2.75, 3.05) is 6.61 Å². The fraction of sp³-hybridized carbons (Fsp3) is 0.944. The Balaban J connectivity index is 1.48. The third kappa shape index (κ3) is 4.19. The first-order valence-electron chi connectivity index (χ1n) is 16.7. The van der Waals surface area contributed by atoms with Crippen LogP contribution in [-0.2, 0) is 4.43 Å². The van der Waals surface area contributed by atoms with E-state index in [1.807, 2.05) is 5.57 Å². The van der Waals surface area contributed by atoms with E-state index in [-0.39, 0.29) is 15.9 Å². The van der Waals surface area contributed by atoms with E-state index in [1.165, 1.54) is 64.2 Å². The average Bonchev–Trinajstić information content (AvgIpc) is 2.82. The summed E-state index contributed by atoms with van der Waals surface area (Å²) in [5.74, 6) is 2.13. The maximum atomic E-state index is 10.3. The Morgan fingerprint density at radius 1 is 0.872 bits per heavy atom. The molecule has 0 spiro atoms. The lowest BCUT2D eigenvalue weighted by atomic mass is 9.33. The van der Waals surface area contributed by atoms with Gasteiger partial charge in [-0.25, -0.2) is 0 Å². The highest BCUT2D eigenvalue weighted by molar-refractivity contribution is 6.74. The highest BCUT2D eigenvalue weighted by Crippen LogP contribution is 2.75. The Morgan fingerprint density at radius 3 is 2.13 bits per heavy atom. The molecule has 0 saturated heterocycles. The van der Waals surface area contributed by atoms with Gasteiger partial charge in [0.15, 0.2) is 8.32 Å². The summed E-state index contributed by atoms with van der Waals surface area (Å²) in [5, 5.41) is 10.6. The van der Waals surface area contributed by atoms with E-state index in [9.17, 15) is 5.11 Å². The maximum Gasteiger partial charge on any atom is 0.192 e. The summed E-state index contributed by atoms with van der Waals surface area (Å²) in [4.78, 5) is 0. The summed E-state index contributed by atoms with van der Waals surface area (Å²) >= 11 is 0. The van der Waals surface area contributed by atoms with Crippen molar-refractivity contribution >= 4 is 8.32 Å². The Kier molecular flexibility index (Phi) is 6.96. The topological polar surface area (TPSA) is 29.5 Å². The molecule has 3 unspecified atom stereocenters. The van der Waals surface area contributed by atoms with Gasteiger partial charge in [0.25, 0.3) is 0 Å². The van der Waals surface area contributed by atoms with E-state index in [0.29, 0.717) is 40.3 Å². The minimum absolute atomic E-state index is 0.0945. The number of rotatable bonds is 3. The lowest BCUT2D eigenvalue weighted by Crippen LogP contribution is -2.65. The maximum absolute atomic E-state index is 10.3. The molecule has 5 rings (SSSR count). The lowest BCUT2D eigenvalue weighted by Gasteiger charge is -2.71. The number of hydrogen-bond donors (Lipinski definition) is 1. The molecule has 0 amide bonds. The highest BCUT2D eigenvalue weighted by Gasteiger charge is 2.68. The zero-order valence-electron chi connectivity index (χ0n) is 28.0. The molecule has 0 aromatic carbocycles. The number of allylic oxidation sites excluding steroid dienone is 2. The van der Waals surface area contributed by atoms with Gasteiger partial charge in [0.05, 0.1) is 6.10 Å². The molecule has 0 aliphatic heterocycles. The van der Waals surface area contributed by atoms with E-state index >= 15 is 0 Å². The van der Waals surface area contributed by atoms with Crippen molar-refractivity contribution in [3.8, 4) is 0 Å². The second-order valence-electron chi connectivity index (χ2n) is 18.9. The molecule has 0 aromatic rings. The van der Waals surface area contributed by atoms with Crippen molar-refractivity contribution in [2.24, 2.45) is 50.2 Å². The van der Waals surface area contributed by atoms with Crippen LogP contribution < -0.4 is 0 Å². The van der Waals surface area contributed by atoms with Crippen LogP contribution in [0.2, 0.25) is 18.1 Å². The van der Waals surface area contributed by atoms with Gasteiger partial charge in [0.1, 0.15) is 0 Å². The number of aliphatic hydroxyl groups excluding tert-OH is 1. The Labute approximate surface area is 243 Å². The van der Waals surface area contributed by atoms with Crippen LogP contribution in [0.4, 0.5) is 0 Å². The largest absolute Gasteiger partial charge is 0.413 e. The molecule has 2 nitrogen and oxygen atoms in total. The van der Waals surface area contributed by atoms with Crippen molar-refractivity contribution in [3.63, 3.8) is 0 Å². The number of hydrogen-bond acceptors (Lipinski definition) is 2. The van der Waals surface area contributed by atoms with E-state index in [1.54, 1.807) is 0 Å². The Morgan fingerprint density at radius 2 is 1.51 bits per heavy atom. The minimum atomic E-state index is -1.81. The fourth-order valence-corrected chi connectivity index (χ4v) is 12.8. The van der Waals surface area contributed by atoms with Gasteiger partial charge in [0, 0.05) is 6.61 Å². The van der Waals surface area contributed by atoms with Gasteiger partial charge in [-0.3, -0.25) is 0 Å². The molecule has 0 bridgehead atoms. The Bertz CT molecular complexity index is 1010. The molecule has 5 aliphatic carbocycles. The zero-order valence-corrected chi connectivity index (χ0v) is 29.0. The fourth-order valence-electron chi connectivity index (χ4n) is 11.3. The quantitative estimate of drug-likeness (QED) is 0.277. The highest BCUT2D eigenvalue weighted by atomic mass is 28.4. The van der Waals surface area contributed by atoms with Gasteiger partial charge < -0.3 is 9.53 Å². The first kappa shape index (κ1) is 30.3. The van der Waals surface area contributed by atoms with E-state index in [0.717, 1.165) is 11.8 Å². The van der Waals surface area contributed by atoms with E-state index in [2.05, 4.69) is 88.4 Å². The van der Waals surface area contributed by atoms with Gasteiger partial charge in [-0.05, 0) is 133 Å². The average molecular weight is 557 g/mol. The summed E-state index contributed by atoms with van der Waals surface area (Å²) in [5.41, 5.74) is 3.57. The summed E-state index contributed by atoms with van der Waals surface area (Å²) in [6.45, 7) is 30.6. The van der Waals surface area contributed by atoms with Crippen LogP contribution in [0, 0.1) is 50.2 Å². The van der Waals surface area contributed by atoms with Crippen LogP contribution in [0.5, 0.6) is 0 Å². The zero-order chi connectivity index (χ0) is 29.1. The van der Waals surface area contributed by atoms with Crippen LogP contribution in [0.3, 0.4) is 0 Å². The SMILES string of the molecule is CC1(C)C(O[Si](C)(C)C(C)(C)C)CC[C@]2(C)C3CC=C4C5C[C@@](C)(CO)CC[C@]5(C)CC[C@@]4(C)[C@]3(C)CC[C@@H]12. The van der Waals surface area contributed by atoms with Crippen molar-refractivity contribution < 1.29 is 9.53 Å². The third-order valence-electron chi connectivity index (χ3n) is 15.5. The molecule has 1 N–H and O–H groups in total. The van der Waals surface area contributed by atoms with E-state index in [4.69, 9.17) is 4.43 Å². The van der Waals surface area contributed by atoms with Crippen LogP contribution in [0.1, 0.15) is 133 Å². The molecule has 0 radical (unpaired) electrons. The van der Waals surface area contributed by atoms with Crippen LogP contribution in [0.25, 0.3) is 0 Å². The van der Waals surface area contributed by atoms with Gasteiger partial charge in [-0.15, -0.1) is 0 Å². The summed E-state index contributed by atoms with van der Waals surface area (Å²) in [6, 6.07) is 0. The lowest BCUT2D eigenvalue weighted by molar-refractivity contribution is -0.201. The molecule has 4 fully saturated rings. The Hall–Kier alpha value is -0.123. The molecular formula is C36H64O2Si. The molecule has 0 aromatic heterocycles. The van der Waals surface area contributed by atoms with Crippen LogP contribution in [-0.4, -0.2) is 26.1 Å². The normalized spacial score (nSPS) is 49.7. The molecule has 224 valence electrons. The monoisotopic (exact) mass is 556 g/mol. The molecule has 9 atom stereocenters. The van der Waals surface area contributed by atoms with Gasteiger partial charge in [0.2, 0.25) is 0 Å². The minimum Gasteiger partial charge on any atom is -0.413 e. The molecule has 39 heavy (non-hydrogen) atoms. The first-order valence-corrected chi connectivity index (χ1v) is 19.6. The van der Waals surface area contributed by atoms with Crippen LogP contribution >= 0.6 is 0 Å². The van der Waals surface area contributed by atoms with Crippen molar-refractivity contribution in [3.05, 3.63) is 11.6 Å². The van der Waals surface area contributed by atoms with Crippen molar-refractivity contribution in [2.45, 2.75) is 158 Å². The molecule has 4 saturated carbocycles. The predicted octanol–water partition coefficient (Wildman–Crippen LogP) is 10.2. The van der Waals surface area contributed by atoms with E-state index < -0.39 is 8.32 Å². The first-order chi connectivity index (χ1) is 17.7. The molecular weight excluding hydrogens is 492 g/mol.